The summed E-state index contributed by atoms with van der Waals surface area (Å²) in [6, 6.07) is 4.07. The Morgan fingerprint density at radius 3 is 2.85 bits per heavy atom. The number of anilines is 1. The molecule has 2 saturated heterocycles. The number of nitrogens with zero attached hydrogens (tertiary/aromatic N) is 2. The van der Waals surface area contributed by atoms with Crippen LogP contribution in [0.5, 0.6) is 5.75 Å². The standard InChI is InChI=1S/C16H19N3O6S/c1-18-12-7-19(8-14(12)24-5-4-16(18)21)26(22,23)10-2-3-13-11(6-10)17-15(20)9-25-13/h2-3,6,12,14H,4-5,7-9H2,1H3,(H,17,20)/t12-,14-/m0/s1. The van der Waals surface area contributed by atoms with Gasteiger partial charge < -0.3 is 19.7 Å². The Kier molecular flexibility index (Phi) is 4.13. The van der Waals surface area contributed by atoms with E-state index in [9.17, 15) is 18.0 Å². The zero-order chi connectivity index (χ0) is 18.5. The van der Waals surface area contributed by atoms with Crippen LogP contribution in [-0.2, 0) is 24.3 Å². The topological polar surface area (TPSA) is 105 Å². The summed E-state index contributed by atoms with van der Waals surface area (Å²) in [6.45, 7) is 0.562. The van der Waals surface area contributed by atoms with E-state index in [1.54, 1.807) is 11.9 Å². The van der Waals surface area contributed by atoms with Crippen molar-refractivity contribution in [3.8, 4) is 5.75 Å². The predicted molar refractivity (Wildman–Crippen MR) is 90.2 cm³/mol. The van der Waals surface area contributed by atoms with Gasteiger partial charge in [0.2, 0.25) is 15.9 Å². The summed E-state index contributed by atoms with van der Waals surface area (Å²) in [4.78, 5) is 25.1. The molecule has 3 aliphatic rings. The molecule has 2 amide bonds. The van der Waals surface area contributed by atoms with Crippen LogP contribution in [0.3, 0.4) is 0 Å². The number of fused-ring (bicyclic) bond motifs is 2. The van der Waals surface area contributed by atoms with Crippen molar-refractivity contribution in [2.75, 3.05) is 38.7 Å². The molecule has 0 aromatic heterocycles. The van der Waals surface area contributed by atoms with Crippen molar-refractivity contribution in [1.29, 1.82) is 0 Å². The molecule has 0 bridgehead atoms. The van der Waals surface area contributed by atoms with Crippen LogP contribution in [0, 0.1) is 0 Å². The largest absolute Gasteiger partial charge is 0.482 e. The van der Waals surface area contributed by atoms with Crippen LogP contribution < -0.4 is 10.1 Å². The highest BCUT2D eigenvalue weighted by molar-refractivity contribution is 7.89. The molecule has 10 heteroatoms. The molecule has 140 valence electrons. The highest BCUT2D eigenvalue weighted by Crippen LogP contribution is 2.33. The minimum atomic E-state index is -3.79. The third-order valence-electron chi connectivity index (χ3n) is 4.96. The molecular formula is C16H19N3O6S. The second kappa shape index (κ2) is 6.22. The Bertz CT molecular complexity index is 871. The molecule has 0 radical (unpaired) electrons. The Balaban J connectivity index is 1.61. The molecular weight excluding hydrogens is 362 g/mol. The molecule has 2 atom stereocenters. The van der Waals surface area contributed by atoms with Crippen molar-refractivity contribution in [3.05, 3.63) is 18.2 Å². The molecule has 26 heavy (non-hydrogen) atoms. The van der Waals surface area contributed by atoms with Gasteiger partial charge in [0, 0.05) is 20.1 Å². The van der Waals surface area contributed by atoms with E-state index >= 15 is 0 Å². The maximum Gasteiger partial charge on any atom is 0.262 e. The number of likely N-dealkylation sites (N-methyl/N-ethyl adjacent to an activating group) is 1. The van der Waals surface area contributed by atoms with E-state index in [0.717, 1.165) is 0 Å². The lowest BCUT2D eigenvalue weighted by molar-refractivity contribution is -0.131. The van der Waals surface area contributed by atoms with Crippen LogP contribution in [0.25, 0.3) is 0 Å². The van der Waals surface area contributed by atoms with E-state index < -0.39 is 10.0 Å². The first-order valence-electron chi connectivity index (χ1n) is 8.30. The number of sulfonamides is 1. The van der Waals surface area contributed by atoms with Crippen molar-refractivity contribution in [1.82, 2.24) is 9.21 Å². The zero-order valence-corrected chi connectivity index (χ0v) is 15.0. The molecule has 0 unspecified atom stereocenters. The number of amides is 2. The van der Waals surface area contributed by atoms with Gasteiger partial charge in [0.25, 0.3) is 5.91 Å². The maximum atomic E-state index is 13.0. The second-order valence-corrected chi connectivity index (χ2v) is 8.49. The van der Waals surface area contributed by atoms with Gasteiger partial charge >= 0.3 is 0 Å². The van der Waals surface area contributed by atoms with Crippen molar-refractivity contribution < 1.29 is 27.5 Å². The van der Waals surface area contributed by atoms with Crippen LogP contribution in [-0.4, -0.2) is 74.9 Å². The number of carbonyl (C=O) groups excluding carboxylic acids is 2. The van der Waals surface area contributed by atoms with Gasteiger partial charge in [0.1, 0.15) is 5.75 Å². The zero-order valence-electron chi connectivity index (χ0n) is 14.2. The van der Waals surface area contributed by atoms with Gasteiger partial charge in [0.05, 0.1) is 35.8 Å². The molecule has 1 N–H and O–H groups in total. The fraction of sp³-hybridized carbons (Fsp3) is 0.500. The fourth-order valence-electron chi connectivity index (χ4n) is 3.49. The van der Waals surface area contributed by atoms with Gasteiger partial charge in [0.15, 0.2) is 6.61 Å². The Morgan fingerprint density at radius 2 is 2.04 bits per heavy atom. The number of nitrogens with one attached hydrogen (secondary N) is 1. The Hall–Kier alpha value is -2.17. The first kappa shape index (κ1) is 17.3. The summed E-state index contributed by atoms with van der Waals surface area (Å²) in [5, 5.41) is 2.61. The van der Waals surface area contributed by atoms with Gasteiger partial charge in [-0.1, -0.05) is 0 Å². The molecule has 9 nitrogen and oxygen atoms in total. The second-order valence-electron chi connectivity index (χ2n) is 6.55. The van der Waals surface area contributed by atoms with Gasteiger partial charge in [-0.05, 0) is 18.2 Å². The van der Waals surface area contributed by atoms with E-state index in [1.165, 1.54) is 22.5 Å². The van der Waals surface area contributed by atoms with Gasteiger partial charge in [-0.2, -0.15) is 4.31 Å². The lowest BCUT2D eigenvalue weighted by atomic mass is 10.2. The SMILES string of the molecule is CN1C(=O)CCO[C@H]2CN(S(=O)(=O)c3ccc4c(c3)NC(=O)CO4)C[C@@H]21. The van der Waals surface area contributed by atoms with Gasteiger partial charge in [-0.15, -0.1) is 0 Å². The fourth-order valence-corrected chi connectivity index (χ4v) is 4.98. The van der Waals surface area contributed by atoms with Gasteiger partial charge in [-0.3, -0.25) is 9.59 Å². The quantitative estimate of drug-likeness (QED) is 0.750. The average Bonchev–Trinajstić information content (AvgIpc) is 3.00. The van der Waals surface area contributed by atoms with Crippen LogP contribution in [0.4, 0.5) is 5.69 Å². The van der Waals surface area contributed by atoms with Crippen LogP contribution in [0.1, 0.15) is 6.42 Å². The van der Waals surface area contributed by atoms with E-state index in [-0.39, 0.29) is 48.6 Å². The molecule has 1 aromatic carbocycles. The maximum absolute atomic E-state index is 13.0. The molecule has 3 aliphatic heterocycles. The van der Waals surface area contributed by atoms with E-state index in [1.807, 2.05) is 0 Å². The summed E-state index contributed by atoms with van der Waals surface area (Å²) in [5.74, 6) is 0.0539. The third-order valence-corrected chi connectivity index (χ3v) is 6.79. The van der Waals surface area contributed by atoms with Crippen molar-refractivity contribution in [2.24, 2.45) is 0 Å². The van der Waals surface area contributed by atoms with E-state index in [4.69, 9.17) is 9.47 Å². The number of benzene rings is 1. The number of rotatable bonds is 2. The molecule has 0 saturated carbocycles. The molecule has 1 aromatic rings. The number of hydrogen-bond acceptors (Lipinski definition) is 6. The summed E-state index contributed by atoms with van der Waals surface area (Å²) >= 11 is 0. The average molecular weight is 381 g/mol. The van der Waals surface area contributed by atoms with Crippen LogP contribution in [0.15, 0.2) is 23.1 Å². The summed E-state index contributed by atoms with van der Waals surface area (Å²) in [6.07, 6.45) is -0.0392. The Morgan fingerprint density at radius 1 is 1.23 bits per heavy atom. The van der Waals surface area contributed by atoms with Crippen LogP contribution >= 0.6 is 0 Å². The third kappa shape index (κ3) is 2.83. The first-order chi connectivity index (χ1) is 12.4. The molecule has 0 spiro atoms. The summed E-state index contributed by atoms with van der Waals surface area (Å²) in [7, 11) is -2.12. The van der Waals surface area contributed by atoms with Crippen molar-refractivity contribution >= 4 is 27.5 Å². The highest BCUT2D eigenvalue weighted by atomic mass is 32.2. The number of hydrogen-bond donors (Lipinski definition) is 1. The first-order valence-corrected chi connectivity index (χ1v) is 9.74. The van der Waals surface area contributed by atoms with E-state index in [0.29, 0.717) is 24.5 Å². The van der Waals surface area contributed by atoms with Crippen LogP contribution in [0.2, 0.25) is 0 Å². The molecule has 4 rings (SSSR count). The molecule has 0 aliphatic carbocycles. The van der Waals surface area contributed by atoms with Crippen molar-refractivity contribution in [2.45, 2.75) is 23.5 Å². The lowest BCUT2D eigenvalue weighted by Crippen LogP contribution is -2.43. The number of carbonyl (C=O) groups is 2. The Labute approximate surface area is 150 Å². The minimum Gasteiger partial charge on any atom is -0.482 e. The monoisotopic (exact) mass is 381 g/mol. The normalized spacial score (nSPS) is 26.6. The van der Waals surface area contributed by atoms with Crippen molar-refractivity contribution in [3.63, 3.8) is 0 Å². The molecule has 2 fully saturated rings. The van der Waals surface area contributed by atoms with Gasteiger partial charge in [-0.25, -0.2) is 8.42 Å². The molecule has 3 heterocycles. The summed E-state index contributed by atoms with van der Waals surface area (Å²) < 4.78 is 38.3. The predicted octanol–water partition coefficient (Wildman–Crippen LogP) is -0.362. The van der Waals surface area contributed by atoms with E-state index in [2.05, 4.69) is 5.32 Å². The highest BCUT2D eigenvalue weighted by Gasteiger charge is 2.44. The minimum absolute atomic E-state index is 0.0506. The summed E-state index contributed by atoms with van der Waals surface area (Å²) in [5.41, 5.74) is 0.333. The lowest BCUT2D eigenvalue weighted by Gasteiger charge is -2.25. The smallest absolute Gasteiger partial charge is 0.262 e. The number of ether oxygens (including phenoxy) is 2.